The monoisotopic (exact) mass is 238 g/mol. The number of hydrogen-bond donors (Lipinski definition) is 2. The fourth-order valence-electron chi connectivity index (χ4n) is 2.81. The number of carbonyl (C=O) groups excluding carboxylic acids is 1. The van der Waals surface area contributed by atoms with Gasteiger partial charge >= 0.3 is 0 Å². The van der Waals surface area contributed by atoms with Crippen molar-refractivity contribution in [3.8, 4) is 0 Å². The number of hydrogen-bond acceptors (Lipinski definition) is 2. The predicted octanol–water partition coefficient (Wildman–Crippen LogP) is 2.21. The Hall–Kier alpha value is -0.570. The minimum absolute atomic E-state index is 0.223. The van der Waals surface area contributed by atoms with Gasteiger partial charge in [-0.15, -0.1) is 0 Å². The Morgan fingerprint density at radius 1 is 1.47 bits per heavy atom. The van der Waals surface area contributed by atoms with Gasteiger partial charge in [-0.05, 0) is 45.1 Å². The molecule has 0 radical (unpaired) electrons. The summed E-state index contributed by atoms with van der Waals surface area (Å²) in [5, 5.41) is 6.89. The normalized spacial score (nSPS) is 27.6. The molecule has 1 aliphatic heterocycles. The van der Waals surface area contributed by atoms with E-state index in [1.54, 1.807) is 0 Å². The van der Waals surface area contributed by atoms with Gasteiger partial charge in [0.15, 0.2) is 0 Å². The van der Waals surface area contributed by atoms with E-state index in [-0.39, 0.29) is 11.3 Å². The lowest BCUT2D eigenvalue weighted by Crippen LogP contribution is -2.60. The summed E-state index contributed by atoms with van der Waals surface area (Å²) in [4.78, 5) is 12.1. The van der Waals surface area contributed by atoms with E-state index in [1.165, 1.54) is 19.3 Å². The molecule has 1 heterocycles. The minimum Gasteiger partial charge on any atom is -0.353 e. The van der Waals surface area contributed by atoms with Crippen molar-refractivity contribution >= 4 is 5.91 Å². The van der Waals surface area contributed by atoms with Crippen LogP contribution in [0, 0.1) is 5.41 Å². The standard InChI is InChI=1S/C14H26N2O/c1-4-13(2,3)12(17)16-11-6-9-15-14(10-11)7-5-8-14/h11,15H,4-10H2,1-3H3,(H,16,17). The Kier molecular flexibility index (Phi) is 3.48. The Labute approximate surface area is 105 Å². The van der Waals surface area contributed by atoms with Crippen molar-refractivity contribution in [2.24, 2.45) is 5.41 Å². The van der Waals surface area contributed by atoms with Crippen molar-refractivity contribution in [1.82, 2.24) is 10.6 Å². The average Bonchev–Trinajstić information content (AvgIpc) is 2.27. The van der Waals surface area contributed by atoms with Crippen LogP contribution < -0.4 is 10.6 Å². The van der Waals surface area contributed by atoms with Crippen LogP contribution in [-0.2, 0) is 4.79 Å². The molecule has 1 amide bonds. The summed E-state index contributed by atoms with van der Waals surface area (Å²) < 4.78 is 0. The molecule has 0 aromatic carbocycles. The van der Waals surface area contributed by atoms with Crippen molar-refractivity contribution in [3.05, 3.63) is 0 Å². The van der Waals surface area contributed by atoms with E-state index in [4.69, 9.17) is 0 Å². The fraction of sp³-hybridized carbons (Fsp3) is 0.929. The molecule has 2 rings (SSSR count). The Bertz CT molecular complexity index is 295. The third-order valence-corrected chi connectivity index (χ3v) is 4.77. The zero-order chi connectivity index (χ0) is 12.5. The Morgan fingerprint density at radius 3 is 2.71 bits per heavy atom. The van der Waals surface area contributed by atoms with Gasteiger partial charge < -0.3 is 10.6 Å². The molecule has 1 saturated heterocycles. The highest BCUT2D eigenvalue weighted by atomic mass is 16.2. The molecule has 98 valence electrons. The summed E-state index contributed by atoms with van der Waals surface area (Å²) in [6.45, 7) is 7.19. The van der Waals surface area contributed by atoms with E-state index in [1.807, 2.05) is 13.8 Å². The lowest BCUT2D eigenvalue weighted by molar-refractivity contribution is -0.130. The molecule has 2 aliphatic rings. The van der Waals surface area contributed by atoms with E-state index >= 15 is 0 Å². The number of nitrogens with one attached hydrogen (secondary N) is 2. The molecule has 3 heteroatoms. The second kappa shape index (κ2) is 4.60. The molecule has 1 saturated carbocycles. The van der Waals surface area contributed by atoms with E-state index in [2.05, 4.69) is 17.6 Å². The van der Waals surface area contributed by atoms with Gasteiger partial charge in [-0.1, -0.05) is 20.8 Å². The summed E-state index contributed by atoms with van der Waals surface area (Å²) in [5.74, 6) is 0.223. The zero-order valence-corrected chi connectivity index (χ0v) is 11.4. The van der Waals surface area contributed by atoms with Gasteiger partial charge in [0.25, 0.3) is 0 Å². The quantitative estimate of drug-likeness (QED) is 0.791. The van der Waals surface area contributed by atoms with Crippen molar-refractivity contribution < 1.29 is 4.79 Å². The largest absolute Gasteiger partial charge is 0.353 e. The average molecular weight is 238 g/mol. The molecule has 1 spiro atoms. The second-order valence-electron chi connectivity index (χ2n) is 6.46. The van der Waals surface area contributed by atoms with Gasteiger partial charge in [-0.25, -0.2) is 0 Å². The topological polar surface area (TPSA) is 41.1 Å². The minimum atomic E-state index is -0.225. The molecular weight excluding hydrogens is 212 g/mol. The Morgan fingerprint density at radius 2 is 2.18 bits per heavy atom. The molecular formula is C14H26N2O. The molecule has 1 unspecified atom stereocenters. The van der Waals surface area contributed by atoms with E-state index in [0.29, 0.717) is 11.6 Å². The summed E-state index contributed by atoms with van der Waals surface area (Å²) in [6.07, 6.45) is 7.02. The molecule has 0 bridgehead atoms. The van der Waals surface area contributed by atoms with Crippen LogP contribution in [0.1, 0.15) is 59.3 Å². The maximum Gasteiger partial charge on any atom is 0.225 e. The summed E-state index contributed by atoms with van der Waals surface area (Å²) >= 11 is 0. The van der Waals surface area contributed by atoms with E-state index < -0.39 is 0 Å². The van der Waals surface area contributed by atoms with Crippen LogP contribution in [-0.4, -0.2) is 24.0 Å². The zero-order valence-electron chi connectivity index (χ0n) is 11.4. The molecule has 0 aromatic heterocycles. The first kappa shape index (κ1) is 12.9. The van der Waals surface area contributed by atoms with Crippen LogP contribution in [0.25, 0.3) is 0 Å². The molecule has 17 heavy (non-hydrogen) atoms. The second-order valence-corrected chi connectivity index (χ2v) is 6.46. The lowest BCUT2D eigenvalue weighted by atomic mass is 9.70. The summed E-state index contributed by atoms with van der Waals surface area (Å²) in [5.41, 5.74) is 0.143. The SMILES string of the molecule is CCC(C)(C)C(=O)NC1CCNC2(CCC2)C1. The van der Waals surface area contributed by atoms with Gasteiger partial charge in [0.2, 0.25) is 5.91 Å². The highest BCUT2D eigenvalue weighted by Gasteiger charge is 2.41. The van der Waals surface area contributed by atoms with Crippen LogP contribution in [0.2, 0.25) is 0 Å². The van der Waals surface area contributed by atoms with Gasteiger partial charge in [0.1, 0.15) is 0 Å². The molecule has 2 N–H and O–H groups in total. The third-order valence-electron chi connectivity index (χ3n) is 4.77. The molecule has 0 aromatic rings. The van der Waals surface area contributed by atoms with Gasteiger partial charge in [0, 0.05) is 17.0 Å². The highest BCUT2D eigenvalue weighted by Crippen LogP contribution is 2.38. The molecule has 1 aliphatic carbocycles. The summed E-state index contributed by atoms with van der Waals surface area (Å²) in [7, 11) is 0. The fourth-order valence-corrected chi connectivity index (χ4v) is 2.81. The number of rotatable bonds is 3. The molecule has 3 nitrogen and oxygen atoms in total. The number of carbonyl (C=O) groups is 1. The van der Waals surface area contributed by atoms with Crippen LogP contribution in [0.3, 0.4) is 0 Å². The molecule has 1 atom stereocenters. The van der Waals surface area contributed by atoms with Gasteiger partial charge in [0.05, 0.1) is 0 Å². The van der Waals surface area contributed by atoms with Gasteiger partial charge in [-0.2, -0.15) is 0 Å². The van der Waals surface area contributed by atoms with E-state index in [9.17, 15) is 4.79 Å². The van der Waals surface area contributed by atoms with Crippen molar-refractivity contribution in [2.45, 2.75) is 70.9 Å². The van der Waals surface area contributed by atoms with Crippen LogP contribution in [0.5, 0.6) is 0 Å². The first-order chi connectivity index (χ1) is 7.97. The number of piperidine rings is 1. The first-order valence-electron chi connectivity index (χ1n) is 7.03. The lowest BCUT2D eigenvalue weighted by Gasteiger charge is -2.48. The maximum atomic E-state index is 12.1. The first-order valence-corrected chi connectivity index (χ1v) is 7.03. The Balaban J connectivity index is 1.88. The van der Waals surface area contributed by atoms with E-state index in [0.717, 1.165) is 25.8 Å². The summed E-state index contributed by atoms with van der Waals surface area (Å²) in [6, 6.07) is 0.384. The smallest absolute Gasteiger partial charge is 0.225 e. The van der Waals surface area contributed by atoms with Gasteiger partial charge in [-0.3, -0.25) is 4.79 Å². The third kappa shape index (κ3) is 2.65. The predicted molar refractivity (Wildman–Crippen MR) is 69.8 cm³/mol. The van der Waals surface area contributed by atoms with Crippen molar-refractivity contribution in [2.75, 3.05) is 6.54 Å². The molecule has 2 fully saturated rings. The maximum absolute atomic E-state index is 12.1. The van der Waals surface area contributed by atoms with Crippen LogP contribution >= 0.6 is 0 Å². The van der Waals surface area contributed by atoms with Crippen LogP contribution in [0.4, 0.5) is 0 Å². The van der Waals surface area contributed by atoms with Crippen molar-refractivity contribution in [1.29, 1.82) is 0 Å². The van der Waals surface area contributed by atoms with Crippen LogP contribution in [0.15, 0.2) is 0 Å². The highest BCUT2D eigenvalue weighted by molar-refractivity contribution is 5.82. The van der Waals surface area contributed by atoms with Crippen molar-refractivity contribution in [3.63, 3.8) is 0 Å². The number of amides is 1.